The molecule has 1 aromatic rings. The van der Waals surface area contributed by atoms with E-state index in [1.54, 1.807) is 12.1 Å². The average molecular weight is 195 g/mol. The number of esters is 1. The van der Waals surface area contributed by atoms with Crippen molar-refractivity contribution in [2.45, 2.75) is 5.92 Å². The Balaban J connectivity index is 2.89. The molecule has 0 aliphatic heterocycles. The van der Waals surface area contributed by atoms with Crippen molar-refractivity contribution in [3.63, 3.8) is 0 Å². The molecule has 0 fully saturated rings. The molecule has 0 aliphatic rings. The van der Waals surface area contributed by atoms with Crippen LogP contribution in [0.3, 0.4) is 0 Å². The lowest BCUT2D eigenvalue weighted by molar-refractivity contribution is -0.142. The van der Waals surface area contributed by atoms with E-state index in [-0.39, 0.29) is 18.3 Å². The smallest absolute Gasteiger partial charge is 0.314 e. The number of phenolic OH excluding ortho intramolecular Hbond substituents is 1. The van der Waals surface area contributed by atoms with Gasteiger partial charge in [-0.25, -0.2) is 0 Å². The first-order chi connectivity index (χ1) is 6.69. The molecule has 3 N–H and O–H groups in total. The zero-order chi connectivity index (χ0) is 10.6. The molecule has 1 aromatic carbocycles. The Morgan fingerprint density at radius 2 is 2.07 bits per heavy atom. The topological polar surface area (TPSA) is 72.5 Å². The number of nitrogens with two attached hydrogens (primary N) is 1. The number of carbonyl (C=O) groups is 1. The number of aromatic hydroxyl groups is 1. The molecular formula is C10H13NO3. The van der Waals surface area contributed by atoms with Crippen molar-refractivity contribution in [1.82, 2.24) is 0 Å². The van der Waals surface area contributed by atoms with Gasteiger partial charge in [-0.2, -0.15) is 0 Å². The van der Waals surface area contributed by atoms with E-state index >= 15 is 0 Å². The van der Waals surface area contributed by atoms with Crippen LogP contribution >= 0.6 is 0 Å². The number of carbonyl (C=O) groups excluding carboxylic acids is 1. The molecule has 0 aromatic heterocycles. The van der Waals surface area contributed by atoms with Crippen LogP contribution in [-0.2, 0) is 9.53 Å². The molecule has 4 heteroatoms. The third-order valence-electron chi connectivity index (χ3n) is 2.02. The molecule has 0 spiro atoms. The second-order valence-corrected chi connectivity index (χ2v) is 2.90. The summed E-state index contributed by atoms with van der Waals surface area (Å²) in [5.41, 5.74) is 6.20. The van der Waals surface area contributed by atoms with Crippen LogP contribution in [0.25, 0.3) is 0 Å². The van der Waals surface area contributed by atoms with E-state index in [0.29, 0.717) is 0 Å². The van der Waals surface area contributed by atoms with Gasteiger partial charge in [0.25, 0.3) is 0 Å². The van der Waals surface area contributed by atoms with Crippen molar-refractivity contribution in [1.29, 1.82) is 0 Å². The van der Waals surface area contributed by atoms with E-state index in [1.165, 1.54) is 19.2 Å². The van der Waals surface area contributed by atoms with E-state index in [9.17, 15) is 4.79 Å². The van der Waals surface area contributed by atoms with Crippen molar-refractivity contribution in [3.8, 4) is 5.75 Å². The summed E-state index contributed by atoms with van der Waals surface area (Å²) in [4.78, 5) is 11.3. The summed E-state index contributed by atoms with van der Waals surface area (Å²) in [6.07, 6.45) is 0. The Morgan fingerprint density at radius 1 is 1.50 bits per heavy atom. The molecule has 0 saturated carbocycles. The van der Waals surface area contributed by atoms with E-state index < -0.39 is 5.92 Å². The molecule has 1 atom stereocenters. The molecule has 1 rings (SSSR count). The van der Waals surface area contributed by atoms with Crippen molar-refractivity contribution in [3.05, 3.63) is 29.8 Å². The highest BCUT2D eigenvalue weighted by Crippen LogP contribution is 2.18. The maximum atomic E-state index is 11.3. The minimum Gasteiger partial charge on any atom is -0.508 e. The molecule has 0 radical (unpaired) electrons. The number of hydrogen-bond acceptors (Lipinski definition) is 4. The van der Waals surface area contributed by atoms with Gasteiger partial charge in [-0.1, -0.05) is 12.1 Å². The predicted molar refractivity (Wildman–Crippen MR) is 51.9 cm³/mol. The fraction of sp³-hybridized carbons (Fsp3) is 0.300. The molecule has 0 aliphatic carbocycles. The molecule has 0 amide bonds. The predicted octanol–water partition coefficient (Wildman–Crippen LogP) is 0.607. The number of rotatable bonds is 3. The highest BCUT2D eigenvalue weighted by molar-refractivity contribution is 5.78. The largest absolute Gasteiger partial charge is 0.508 e. The lowest BCUT2D eigenvalue weighted by atomic mass is 9.99. The lowest BCUT2D eigenvalue weighted by Crippen LogP contribution is -2.22. The molecule has 0 bridgehead atoms. The normalized spacial score (nSPS) is 12.1. The second kappa shape index (κ2) is 4.62. The number of hydrogen-bond donors (Lipinski definition) is 2. The molecular weight excluding hydrogens is 182 g/mol. The Morgan fingerprint density at radius 3 is 2.50 bits per heavy atom. The third-order valence-corrected chi connectivity index (χ3v) is 2.02. The molecule has 76 valence electrons. The van der Waals surface area contributed by atoms with E-state index in [2.05, 4.69) is 4.74 Å². The number of methoxy groups -OCH3 is 1. The monoisotopic (exact) mass is 195 g/mol. The third kappa shape index (κ3) is 2.23. The van der Waals surface area contributed by atoms with Crippen LogP contribution in [0.5, 0.6) is 5.75 Å². The molecule has 14 heavy (non-hydrogen) atoms. The van der Waals surface area contributed by atoms with Crippen LogP contribution in [-0.4, -0.2) is 24.7 Å². The van der Waals surface area contributed by atoms with Crippen LogP contribution in [0.2, 0.25) is 0 Å². The average Bonchev–Trinajstić information content (AvgIpc) is 2.21. The van der Waals surface area contributed by atoms with E-state index in [1.807, 2.05) is 0 Å². The van der Waals surface area contributed by atoms with E-state index in [4.69, 9.17) is 10.8 Å². The summed E-state index contributed by atoms with van der Waals surface area (Å²) in [5, 5.41) is 9.06. The Bertz CT molecular complexity index is 308. The van der Waals surface area contributed by atoms with Crippen LogP contribution in [0, 0.1) is 0 Å². The van der Waals surface area contributed by atoms with Crippen LogP contribution in [0.15, 0.2) is 24.3 Å². The van der Waals surface area contributed by atoms with Crippen LogP contribution < -0.4 is 5.73 Å². The van der Waals surface area contributed by atoms with Gasteiger partial charge in [0.15, 0.2) is 0 Å². The standard InChI is InChI=1S/C10H13NO3/c1-14-10(13)9(6-11)7-2-4-8(12)5-3-7/h2-5,9,12H,6,11H2,1H3/t9-/m0/s1. The Labute approximate surface area is 82.3 Å². The quantitative estimate of drug-likeness (QED) is 0.693. The van der Waals surface area contributed by atoms with Crippen molar-refractivity contribution in [2.24, 2.45) is 5.73 Å². The van der Waals surface area contributed by atoms with Gasteiger partial charge in [0.1, 0.15) is 5.75 Å². The fourth-order valence-corrected chi connectivity index (χ4v) is 1.22. The van der Waals surface area contributed by atoms with Gasteiger partial charge in [-0.05, 0) is 17.7 Å². The zero-order valence-corrected chi connectivity index (χ0v) is 7.93. The van der Waals surface area contributed by atoms with Crippen molar-refractivity contribution < 1.29 is 14.6 Å². The summed E-state index contributed by atoms with van der Waals surface area (Å²) in [7, 11) is 1.32. The lowest BCUT2D eigenvalue weighted by Gasteiger charge is -2.12. The highest BCUT2D eigenvalue weighted by Gasteiger charge is 2.19. The Kier molecular flexibility index (Phi) is 3.48. The highest BCUT2D eigenvalue weighted by atomic mass is 16.5. The first kappa shape index (κ1) is 10.5. The number of phenols is 1. The minimum absolute atomic E-state index is 0.161. The Hall–Kier alpha value is -1.55. The molecule has 0 heterocycles. The summed E-state index contributed by atoms with van der Waals surface area (Å²) >= 11 is 0. The maximum Gasteiger partial charge on any atom is 0.314 e. The molecule has 0 unspecified atom stereocenters. The van der Waals surface area contributed by atoms with Gasteiger partial charge in [0, 0.05) is 6.54 Å². The summed E-state index contributed by atoms with van der Waals surface area (Å²) in [6, 6.07) is 6.34. The first-order valence-electron chi connectivity index (χ1n) is 4.26. The number of benzene rings is 1. The second-order valence-electron chi connectivity index (χ2n) is 2.90. The first-order valence-corrected chi connectivity index (χ1v) is 4.26. The van der Waals surface area contributed by atoms with Gasteiger partial charge in [0.2, 0.25) is 0 Å². The minimum atomic E-state index is -0.458. The van der Waals surface area contributed by atoms with Gasteiger partial charge in [0.05, 0.1) is 13.0 Å². The SMILES string of the molecule is COC(=O)[C@@H](CN)c1ccc(O)cc1. The van der Waals surface area contributed by atoms with E-state index in [0.717, 1.165) is 5.56 Å². The fourth-order valence-electron chi connectivity index (χ4n) is 1.22. The molecule has 4 nitrogen and oxygen atoms in total. The van der Waals surface area contributed by atoms with Gasteiger partial charge in [-0.3, -0.25) is 4.79 Å². The van der Waals surface area contributed by atoms with Crippen molar-refractivity contribution in [2.75, 3.05) is 13.7 Å². The maximum absolute atomic E-state index is 11.3. The summed E-state index contributed by atoms with van der Waals surface area (Å²) in [5.74, 6) is -0.659. The van der Waals surface area contributed by atoms with Crippen molar-refractivity contribution >= 4 is 5.97 Å². The molecule has 0 saturated heterocycles. The van der Waals surface area contributed by atoms with Crippen LogP contribution in [0.1, 0.15) is 11.5 Å². The number of ether oxygens (including phenoxy) is 1. The van der Waals surface area contributed by atoms with Gasteiger partial charge in [-0.15, -0.1) is 0 Å². The summed E-state index contributed by atoms with van der Waals surface area (Å²) in [6.45, 7) is 0.192. The van der Waals surface area contributed by atoms with Gasteiger partial charge < -0.3 is 15.6 Å². The van der Waals surface area contributed by atoms with Crippen LogP contribution in [0.4, 0.5) is 0 Å². The van der Waals surface area contributed by atoms with Gasteiger partial charge >= 0.3 is 5.97 Å². The summed E-state index contributed by atoms with van der Waals surface area (Å²) < 4.78 is 4.61. The zero-order valence-electron chi connectivity index (χ0n) is 7.93.